The van der Waals surface area contributed by atoms with Gasteiger partial charge in [0.1, 0.15) is 11.6 Å². The van der Waals surface area contributed by atoms with Crippen LogP contribution in [0.2, 0.25) is 0 Å². The second-order valence-corrected chi connectivity index (χ2v) is 6.61. The minimum absolute atomic E-state index is 0.0204. The number of carbonyl (C=O) groups is 1. The van der Waals surface area contributed by atoms with E-state index < -0.39 is 0 Å². The molecule has 0 spiro atoms. The summed E-state index contributed by atoms with van der Waals surface area (Å²) in [4.78, 5) is 29.7. The van der Waals surface area contributed by atoms with E-state index in [0.29, 0.717) is 25.2 Å². The van der Waals surface area contributed by atoms with E-state index in [-0.39, 0.29) is 5.91 Å². The third-order valence-corrected chi connectivity index (χ3v) is 4.75. The normalized spacial score (nSPS) is 14.0. The molecule has 28 heavy (non-hydrogen) atoms. The third kappa shape index (κ3) is 4.25. The fraction of sp³-hybridized carbons (Fsp3) is 0.238. The van der Waals surface area contributed by atoms with Gasteiger partial charge in [0.05, 0.1) is 5.56 Å². The first kappa shape index (κ1) is 17.9. The lowest BCUT2D eigenvalue weighted by atomic mass is 10.2. The van der Waals surface area contributed by atoms with Crippen LogP contribution in [-0.4, -0.2) is 51.9 Å². The summed E-state index contributed by atoms with van der Waals surface area (Å²) in [6, 6.07) is 13.5. The molecule has 4 heterocycles. The quantitative estimate of drug-likeness (QED) is 0.739. The zero-order valence-electron chi connectivity index (χ0n) is 15.5. The number of carbonyl (C=O) groups excluding carboxylic acids is 1. The van der Waals surface area contributed by atoms with Gasteiger partial charge in [-0.1, -0.05) is 12.1 Å². The van der Waals surface area contributed by atoms with Gasteiger partial charge >= 0.3 is 0 Å². The zero-order chi connectivity index (χ0) is 19.2. The number of piperazine rings is 1. The molecule has 0 atom stereocenters. The number of hydrogen-bond acceptors (Lipinski definition) is 6. The van der Waals surface area contributed by atoms with Gasteiger partial charge < -0.3 is 15.1 Å². The maximum absolute atomic E-state index is 12.8. The van der Waals surface area contributed by atoms with Gasteiger partial charge in [-0.3, -0.25) is 9.78 Å². The van der Waals surface area contributed by atoms with Crippen molar-refractivity contribution in [1.29, 1.82) is 0 Å². The Morgan fingerprint density at radius 3 is 2.50 bits per heavy atom. The molecule has 1 N–H and O–H groups in total. The van der Waals surface area contributed by atoms with Crippen molar-refractivity contribution in [2.45, 2.75) is 6.54 Å². The molecule has 7 heteroatoms. The molecule has 1 amide bonds. The van der Waals surface area contributed by atoms with Crippen LogP contribution in [0, 0.1) is 0 Å². The van der Waals surface area contributed by atoms with E-state index in [9.17, 15) is 4.79 Å². The predicted octanol–water partition coefficient (Wildman–Crippen LogP) is 2.45. The summed E-state index contributed by atoms with van der Waals surface area (Å²) in [5.74, 6) is 1.72. The number of nitrogens with one attached hydrogen (secondary N) is 1. The van der Waals surface area contributed by atoms with E-state index >= 15 is 0 Å². The van der Waals surface area contributed by atoms with Gasteiger partial charge in [0.15, 0.2) is 0 Å². The maximum atomic E-state index is 12.8. The number of amides is 1. The summed E-state index contributed by atoms with van der Waals surface area (Å²) in [5.41, 5.74) is 1.69. The molecular formula is C21H22N6O. The Morgan fingerprint density at radius 1 is 0.929 bits per heavy atom. The molecule has 0 aliphatic carbocycles. The Morgan fingerprint density at radius 2 is 1.82 bits per heavy atom. The monoisotopic (exact) mass is 374 g/mol. The summed E-state index contributed by atoms with van der Waals surface area (Å²) >= 11 is 0. The van der Waals surface area contributed by atoms with Crippen LogP contribution in [0.25, 0.3) is 0 Å². The lowest BCUT2D eigenvalue weighted by Crippen LogP contribution is -2.49. The standard InChI is InChI=1S/C21H22N6O/c28-21(27-12-10-26(11-13-27)20-5-1-2-9-23-20)18-6-7-19(25-16-18)24-15-17-4-3-8-22-14-17/h1-9,14,16H,10-13,15H2,(H,24,25). The molecule has 3 aromatic rings. The van der Waals surface area contributed by atoms with E-state index in [0.717, 1.165) is 30.3 Å². The summed E-state index contributed by atoms with van der Waals surface area (Å²) in [6.07, 6.45) is 7.00. The maximum Gasteiger partial charge on any atom is 0.255 e. The fourth-order valence-electron chi connectivity index (χ4n) is 3.18. The van der Waals surface area contributed by atoms with E-state index in [1.54, 1.807) is 18.6 Å². The second kappa shape index (κ2) is 8.47. The minimum atomic E-state index is 0.0204. The van der Waals surface area contributed by atoms with Crippen LogP contribution in [0.3, 0.4) is 0 Å². The van der Waals surface area contributed by atoms with Crippen LogP contribution < -0.4 is 10.2 Å². The van der Waals surface area contributed by atoms with Gasteiger partial charge in [-0.15, -0.1) is 0 Å². The van der Waals surface area contributed by atoms with Crippen molar-refractivity contribution in [2.75, 3.05) is 36.4 Å². The van der Waals surface area contributed by atoms with Crippen LogP contribution in [-0.2, 0) is 6.54 Å². The first-order chi connectivity index (χ1) is 13.8. The predicted molar refractivity (Wildman–Crippen MR) is 108 cm³/mol. The number of aromatic nitrogens is 3. The third-order valence-electron chi connectivity index (χ3n) is 4.75. The van der Waals surface area contributed by atoms with Crippen LogP contribution in [0.4, 0.5) is 11.6 Å². The van der Waals surface area contributed by atoms with Crippen LogP contribution in [0.15, 0.2) is 67.3 Å². The topological polar surface area (TPSA) is 74.2 Å². The van der Waals surface area contributed by atoms with Crippen molar-refractivity contribution < 1.29 is 4.79 Å². The minimum Gasteiger partial charge on any atom is -0.366 e. The van der Waals surface area contributed by atoms with Gasteiger partial charge in [0.2, 0.25) is 0 Å². The number of hydrogen-bond donors (Lipinski definition) is 1. The summed E-state index contributed by atoms with van der Waals surface area (Å²) in [6.45, 7) is 3.55. The van der Waals surface area contributed by atoms with Crippen molar-refractivity contribution in [2.24, 2.45) is 0 Å². The van der Waals surface area contributed by atoms with Crippen molar-refractivity contribution in [3.63, 3.8) is 0 Å². The largest absolute Gasteiger partial charge is 0.366 e. The van der Waals surface area contributed by atoms with Gasteiger partial charge in [0, 0.05) is 57.5 Å². The molecule has 1 aliphatic rings. The Labute approximate surface area is 164 Å². The van der Waals surface area contributed by atoms with Crippen LogP contribution in [0.5, 0.6) is 0 Å². The lowest BCUT2D eigenvalue weighted by Gasteiger charge is -2.35. The highest BCUT2D eigenvalue weighted by molar-refractivity contribution is 5.94. The first-order valence-electron chi connectivity index (χ1n) is 9.34. The fourth-order valence-corrected chi connectivity index (χ4v) is 3.18. The zero-order valence-corrected chi connectivity index (χ0v) is 15.5. The van der Waals surface area contributed by atoms with Gasteiger partial charge in [-0.2, -0.15) is 0 Å². The van der Waals surface area contributed by atoms with Gasteiger partial charge in [0.25, 0.3) is 5.91 Å². The van der Waals surface area contributed by atoms with Crippen molar-refractivity contribution in [3.05, 3.63) is 78.4 Å². The first-order valence-corrected chi connectivity index (χ1v) is 9.34. The molecule has 3 aromatic heterocycles. The smallest absolute Gasteiger partial charge is 0.255 e. The number of rotatable bonds is 5. The van der Waals surface area contributed by atoms with Crippen LogP contribution >= 0.6 is 0 Å². The summed E-state index contributed by atoms with van der Waals surface area (Å²) in [5, 5.41) is 3.24. The highest BCUT2D eigenvalue weighted by Crippen LogP contribution is 2.15. The average Bonchev–Trinajstić information content (AvgIpc) is 2.79. The molecule has 4 rings (SSSR count). The Hall–Kier alpha value is -3.48. The van der Waals surface area contributed by atoms with Gasteiger partial charge in [-0.05, 0) is 35.9 Å². The van der Waals surface area contributed by atoms with Crippen LogP contribution in [0.1, 0.15) is 15.9 Å². The number of anilines is 2. The lowest BCUT2D eigenvalue weighted by molar-refractivity contribution is 0.0746. The molecule has 0 aromatic carbocycles. The van der Waals surface area contributed by atoms with Crippen molar-refractivity contribution >= 4 is 17.5 Å². The summed E-state index contributed by atoms with van der Waals surface area (Å²) < 4.78 is 0. The highest BCUT2D eigenvalue weighted by atomic mass is 16.2. The molecule has 142 valence electrons. The Balaban J connectivity index is 1.31. The van der Waals surface area contributed by atoms with E-state index in [2.05, 4.69) is 25.2 Å². The molecule has 0 radical (unpaired) electrons. The molecule has 7 nitrogen and oxygen atoms in total. The van der Waals surface area contributed by atoms with Gasteiger partial charge in [-0.25, -0.2) is 9.97 Å². The number of nitrogens with zero attached hydrogens (tertiary/aromatic N) is 5. The molecule has 1 saturated heterocycles. The van der Waals surface area contributed by atoms with Crippen molar-refractivity contribution in [1.82, 2.24) is 19.9 Å². The second-order valence-electron chi connectivity index (χ2n) is 6.61. The highest BCUT2D eigenvalue weighted by Gasteiger charge is 2.22. The molecular weight excluding hydrogens is 352 g/mol. The average molecular weight is 374 g/mol. The molecule has 0 bridgehead atoms. The SMILES string of the molecule is O=C(c1ccc(NCc2cccnc2)nc1)N1CCN(c2ccccn2)CC1. The Kier molecular flexibility index (Phi) is 5.42. The van der Waals surface area contributed by atoms with E-state index in [1.807, 2.05) is 53.6 Å². The molecule has 0 saturated carbocycles. The van der Waals surface area contributed by atoms with E-state index in [1.165, 1.54) is 0 Å². The molecule has 0 unspecified atom stereocenters. The molecule has 1 aliphatic heterocycles. The van der Waals surface area contributed by atoms with Crippen molar-refractivity contribution in [3.8, 4) is 0 Å². The molecule has 1 fully saturated rings. The Bertz CT molecular complexity index is 893. The van der Waals surface area contributed by atoms with E-state index in [4.69, 9.17) is 0 Å². The number of pyridine rings is 3. The summed E-state index contributed by atoms with van der Waals surface area (Å²) in [7, 11) is 0.